The molecule has 2 N–H and O–H groups in total. The molecule has 0 aromatic heterocycles. The fraction of sp³-hybridized carbons (Fsp3) is 0.267. The Kier molecular flexibility index (Phi) is 4.77. The molecule has 0 spiro atoms. The summed E-state index contributed by atoms with van der Waals surface area (Å²) in [6.07, 6.45) is 1.29. The summed E-state index contributed by atoms with van der Waals surface area (Å²) in [5.74, 6) is -1.42. The zero-order valence-electron chi connectivity index (χ0n) is 12.3. The molecule has 7 nitrogen and oxygen atoms in total. The van der Waals surface area contributed by atoms with E-state index in [4.69, 9.17) is 0 Å². The van der Waals surface area contributed by atoms with E-state index in [0.717, 1.165) is 17.2 Å². The van der Waals surface area contributed by atoms with E-state index in [0.29, 0.717) is 12.2 Å². The fourth-order valence-electron chi connectivity index (χ4n) is 2.06. The van der Waals surface area contributed by atoms with Crippen molar-refractivity contribution in [2.45, 2.75) is 13.0 Å². The highest BCUT2D eigenvalue weighted by Gasteiger charge is 2.17. The van der Waals surface area contributed by atoms with Crippen molar-refractivity contribution in [1.82, 2.24) is 5.32 Å². The molecular weight excluding hydrogens is 288 g/mol. The molecule has 1 aliphatic rings. The number of nitrogens with one attached hydrogen (secondary N) is 2. The number of anilines is 1. The number of methoxy groups -OCH3 is 2. The summed E-state index contributed by atoms with van der Waals surface area (Å²) >= 11 is 0. The van der Waals surface area contributed by atoms with Crippen LogP contribution in [0.5, 0.6) is 0 Å². The third-order valence-corrected chi connectivity index (χ3v) is 3.18. The van der Waals surface area contributed by atoms with Crippen LogP contribution in [-0.2, 0) is 36.8 Å². The Morgan fingerprint density at radius 2 is 2.00 bits per heavy atom. The van der Waals surface area contributed by atoms with Crippen LogP contribution in [0, 0.1) is 0 Å². The number of carbonyl (C=O) groups is 3. The second-order valence-corrected chi connectivity index (χ2v) is 4.63. The molecule has 1 aliphatic heterocycles. The van der Waals surface area contributed by atoms with Gasteiger partial charge in [0.15, 0.2) is 0 Å². The highest BCUT2D eigenvalue weighted by molar-refractivity contribution is 5.98. The minimum Gasteiger partial charge on any atom is -0.466 e. The molecule has 0 saturated heterocycles. The number of hydrogen-bond donors (Lipinski definition) is 2. The SMILES string of the molecule is COC(=O)/C=C(/Nc1ccc2c(c1)CC(=O)NC2)C(=O)OC. The number of ether oxygens (including phenoxy) is 2. The largest absolute Gasteiger partial charge is 0.466 e. The molecule has 1 aromatic carbocycles. The lowest BCUT2D eigenvalue weighted by Gasteiger charge is -2.18. The van der Waals surface area contributed by atoms with E-state index >= 15 is 0 Å². The second kappa shape index (κ2) is 6.75. The Morgan fingerprint density at radius 3 is 2.68 bits per heavy atom. The molecule has 0 unspecified atom stereocenters. The average Bonchev–Trinajstić information content (AvgIpc) is 2.52. The Bertz CT molecular complexity index is 651. The highest BCUT2D eigenvalue weighted by atomic mass is 16.5. The number of hydrogen-bond acceptors (Lipinski definition) is 6. The maximum atomic E-state index is 11.7. The number of amides is 1. The third kappa shape index (κ3) is 3.63. The number of carbonyl (C=O) groups excluding carboxylic acids is 3. The first-order valence-corrected chi connectivity index (χ1v) is 6.57. The molecule has 0 saturated carbocycles. The van der Waals surface area contributed by atoms with E-state index in [2.05, 4.69) is 20.1 Å². The van der Waals surface area contributed by atoms with E-state index in [9.17, 15) is 14.4 Å². The normalized spacial score (nSPS) is 13.7. The van der Waals surface area contributed by atoms with Crippen molar-refractivity contribution in [3.63, 3.8) is 0 Å². The molecule has 7 heteroatoms. The van der Waals surface area contributed by atoms with Crippen LogP contribution in [0.4, 0.5) is 5.69 Å². The van der Waals surface area contributed by atoms with Gasteiger partial charge in [-0.3, -0.25) is 4.79 Å². The summed E-state index contributed by atoms with van der Waals surface area (Å²) in [5, 5.41) is 5.57. The summed E-state index contributed by atoms with van der Waals surface area (Å²) < 4.78 is 9.12. The monoisotopic (exact) mass is 304 g/mol. The lowest BCUT2D eigenvalue weighted by Crippen LogP contribution is -2.30. The molecule has 0 bridgehead atoms. The number of esters is 2. The van der Waals surface area contributed by atoms with E-state index in [-0.39, 0.29) is 18.0 Å². The first kappa shape index (κ1) is 15.6. The van der Waals surface area contributed by atoms with Crippen molar-refractivity contribution in [3.05, 3.63) is 41.1 Å². The van der Waals surface area contributed by atoms with Crippen LogP contribution >= 0.6 is 0 Å². The van der Waals surface area contributed by atoms with Crippen molar-refractivity contribution in [2.75, 3.05) is 19.5 Å². The zero-order chi connectivity index (χ0) is 16.1. The smallest absolute Gasteiger partial charge is 0.354 e. The van der Waals surface area contributed by atoms with Gasteiger partial charge in [0.25, 0.3) is 0 Å². The Hall–Kier alpha value is -2.83. The molecule has 0 aliphatic carbocycles. The molecule has 1 aromatic rings. The highest BCUT2D eigenvalue weighted by Crippen LogP contribution is 2.20. The van der Waals surface area contributed by atoms with Gasteiger partial charge in [-0.25, -0.2) is 9.59 Å². The molecular formula is C15H16N2O5. The molecule has 22 heavy (non-hydrogen) atoms. The summed E-state index contributed by atoms with van der Waals surface area (Å²) in [5.41, 5.74) is 2.42. The first-order valence-electron chi connectivity index (χ1n) is 6.57. The Balaban J connectivity index is 2.25. The summed E-state index contributed by atoms with van der Waals surface area (Å²) in [4.78, 5) is 34.4. The van der Waals surface area contributed by atoms with Crippen LogP contribution in [0.3, 0.4) is 0 Å². The van der Waals surface area contributed by atoms with Gasteiger partial charge >= 0.3 is 11.9 Å². The molecule has 1 amide bonds. The van der Waals surface area contributed by atoms with Gasteiger partial charge in [-0.15, -0.1) is 0 Å². The van der Waals surface area contributed by atoms with Crippen molar-refractivity contribution >= 4 is 23.5 Å². The van der Waals surface area contributed by atoms with Gasteiger partial charge in [-0.1, -0.05) is 6.07 Å². The third-order valence-electron chi connectivity index (χ3n) is 3.18. The molecule has 116 valence electrons. The van der Waals surface area contributed by atoms with Gasteiger partial charge in [-0.05, 0) is 23.3 Å². The van der Waals surface area contributed by atoms with Crippen LogP contribution in [0.25, 0.3) is 0 Å². The Morgan fingerprint density at radius 1 is 1.23 bits per heavy atom. The van der Waals surface area contributed by atoms with Crippen molar-refractivity contribution in [3.8, 4) is 0 Å². The Labute approximate surface area is 127 Å². The molecule has 0 atom stereocenters. The summed E-state index contributed by atoms with van der Waals surface area (Å²) in [6.45, 7) is 0.482. The van der Waals surface area contributed by atoms with Gasteiger partial charge in [0.2, 0.25) is 5.91 Å². The maximum absolute atomic E-state index is 11.7. The second-order valence-electron chi connectivity index (χ2n) is 4.63. The van der Waals surface area contributed by atoms with E-state index in [1.54, 1.807) is 12.1 Å². The van der Waals surface area contributed by atoms with Gasteiger partial charge in [0, 0.05) is 12.2 Å². The van der Waals surface area contributed by atoms with Crippen molar-refractivity contribution < 1.29 is 23.9 Å². The lowest BCUT2D eigenvalue weighted by molar-refractivity contribution is -0.138. The molecule has 0 fully saturated rings. The van der Waals surface area contributed by atoms with Crippen LogP contribution in [0.1, 0.15) is 11.1 Å². The number of benzene rings is 1. The molecule has 0 radical (unpaired) electrons. The first-order chi connectivity index (χ1) is 10.5. The topological polar surface area (TPSA) is 93.7 Å². The van der Waals surface area contributed by atoms with Crippen LogP contribution in [0.15, 0.2) is 30.0 Å². The quantitative estimate of drug-likeness (QED) is 0.621. The minimum absolute atomic E-state index is 0.0467. The van der Waals surface area contributed by atoms with E-state index < -0.39 is 11.9 Å². The summed E-state index contributed by atoms with van der Waals surface area (Å²) in [7, 11) is 2.43. The number of fused-ring (bicyclic) bond motifs is 1. The van der Waals surface area contributed by atoms with E-state index in [1.807, 2.05) is 6.07 Å². The minimum atomic E-state index is -0.694. The van der Waals surface area contributed by atoms with E-state index in [1.165, 1.54) is 14.2 Å². The van der Waals surface area contributed by atoms with Gasteiger partial charge in [0.1, 0.15) is 5.70 Å². The van der Waals surface area contributed by atoms with Crippen molar-refractivity contribution in [2.24, 2.45) is 0 Å². The molecule has 1 heterocycles. The van der Waals surface area contributed by atoms with Crippen molar-refractivity contribution in [1.29, 1.82) is 0 Å². The fourth-order valence-corrected chi connectivity index (χ4v) is 2.06. The van der Waals surface area contributed by atoms with Gasteiger partial charge in [-0.2, -0.15) is 0 Å². The maximum Gasteiger partial charge on any atom is 0.354 e. The zero-order valence-corrected chi connectivity index (χ0v) is 12.3. The molecule has 2 rings (SSSR count). The number of rotatable bonds is 4. The van der Waals surface area contributed by atoms with Crippen LogP contribution in [0.2, 0.25) is 0 Å². The average molecular weight is 304 g/mol. The van der Waals surface area contributed by atoms with Crippen LogP contribution < -0.4 is 10.6 Å². The van der Waals surface area contributed by atoms with Gasteiger partial charge < -0.3 is 20.1 Å². The van der Waals surface area contributed by atoms with Gasteiger partial charge in [0.05, 0.1) is 26.7 Å². The predicted octanol–water partition coefficient (Wildman–Crippen LogP) is 0.501. The summed E-state index contributed by atoms with van der Waals surface area (Å²) in [6, 6.07) is 5.37. The standard InChI is InChI=1S/C15H16N2O5/c1-21-14(19)7-12(15(20)22-2)17-11-4-3-9-8-16-13(18)6-10(9)5-11/h3-5,7,17H,6,8H2,1-2H3,(H,16,18)/b12-7+. The lowest BCUT2D eigenvalue weighted by atomic mass is 10.00. The predicted molar refractivity (Wildman–Crippen MR) is 77.7 cm³/mol. The van der Waals surface area contributed by atoms with Crippen LogP contribution in [-0.4, -0.2) is 32.1 Å².